The third kappa shape index (κ3) is 6.43. The Hall–Kier alpha value is -3.77. The molecule has 1 unspecified atom stereocenters. The van der Waals surface area contributed by atoms with Gasteiger partial charge in [-0.3, -0.25) is 19.3 Å². The van der Waals surface area contributed by atoms with Gasteiger partial charge in [0.2, 0.25) is 5.78 Å². The highest BCUT2D eigenvalue weighted by Crippen LogP contribution is 2.25. The average molecular weight is 470 g/mol. The van der Waals surface area contributed by atoms with E-state index < -0.39 is 23.6 Å². The van der Waals surface area contributed by atoms with Crippen molar-refractivity contribution in [2.45, 2.75) is 38.3 Å². The van der Waals surface area contributed by atoms with Crippen LogP contribution in [0.2, 0.25) is 0 Å². The minimum absolute atomic E-state index is 0.182. The molecule has 3 aromatic rings. The molecule has 1 aliphatic rings. The molecule has 180 valence electrons. The van der Waals surface area contributed by atoms with Crippen LogP contribution < -0.4 is 11.1 Å². The lowest BCUT2D eigenvalue weighted by Gasteiger charge is -2.26. The normalized spacial score (nSPS) is 14.7. The van der Waals surface area contributed by atoms with Gasteiger partial charge in [0.05, 0.1) is 0 Å². The number of nitrogens with two attached hydrogens (primary N) is 1. The van der Waals surface area contributed by atoms with Crippen molar-refractivity contribution >= 4 is 17.6 Å². The molecule has 2 amide bonds. The first-order chi connectivity index (χ1) is 17.0. The van der Waals surface area contributed by atoms with Crippen molar-refractivity contribution in [2.24, 2.45) is 5.73 Å². The minimum Gasteiger partial charge on any atom is -0.363 e. The van der Waals surface area contributed by atoms with Gasteiger partial charge in [0.25, 0.3) is 11.8 Å². The van der Waals surface area contributed by atoms with Crippen LogP contribution in [0.15, 0.2) is 78.9 Å². The fourth-order valence-electron chi connectivity index (χ4n) is 4.57. The van der Waals surface area contributed by atoms with Crippen molar-refractivity contribution in [2.75, 3.05) is 13.1 Å². The Morgan fingerprint density at radius 3 is 2.14 bits per heavy atom. The second kappa shape index (κ2) is 11.6. The third-order valence-electron chi connectivity index (χ3n) is 6.44. The van der Waals surface area contributed by atoms with E-state index in [0.29, 0.717) is 5.56 Å². The quantitative estimate of drug-likeness (QED) is 0.467. The van der Waals surface area contributed by atoms with E-state index in [1.165, 1.54) is 24.8 Å². The molecule has 0 spiro atoms. The summed E-state index contributed by atoms with van der Waals surface area (Å²) in [7, 11) is 0. The molecular formula is C29H31N3O3. The summed E-state index contributed by atoms with van der Waals surface area (Å²) in [5, 5.41) is 2.74. The molecule has 0 aliphatic carbocycles. The predicted molar refractivity (Wildman–Crippen MR) is 137 cm³/mol. The fraction of sp³-hybridized carbons (Fsp3) is 0.276. The maximum Gasteiger partial charge on any atom is 0.287 e. The lowest BCUT2D eigenvalue weighted by Crippen LogP contribution is -2.47. The number of piperidine rings is 1. The van der Waals surface area contributed by atoms with Crippen molar-refractivity contribution in [3.63, 3.8) is 0 Å². The number of carbonyl (C=O) groups excluding carboxylic acids is 3. The molecule has 0 bridgehead atoms. The number of carbonyl (C=O) groups is 3. The van der Waals surface area contributed by atoms with Crippen LogP contribution in [0.5, 0.6) is 0 Å². The van der Waals surface area contributed by atoms with Crippen molar-refractivity contribution in [3.8, 4) is 11.1 Å². The predicted octanol–water partition coefficient (Wildman–Crippen LogP) is 3.74. The monoisotopic (exact) mass is 469 g/mol. The Balaban J connectivity index is 1.52. The number of hydrogen-bond donors (Lipinski definition) is 2. The summed E-state index contributed by atoms with van der Waals surface area (Å²) >= 11 is 0. The first-order valence-corrected chi connectivity index (χ1v) is 12.1. The van der Waals surface area contributed by atoms with Gasteiger partial charge in [0.1, 0.15) is 6.04 Å². The molecule has 1 atom stereocenters. The van der Waals surface area contributed by atoms with Crippen LogP contribution in [0.4, 0.5) is 0 Å². The van der Waals surface area contributed by atoms with Crippen LogP contribution in [0.25, 0.3) is 11.1 Å². The number of primary amides is 1. The number of Topliss-reactive ketones (excluding diaryl/α,β-unsaturated/α-hetero) is 1. The van der Waals surface area contributed by atoms with Crippen molar-refractivity contribution in [1.82, 2.24) is 10.2 Å². The number of benzene rings is 3. The van der Waals surface area contributed by atoms with Gasteiger partial charge < -0.3 is 11.1 Å². The molecule has 1 heterocycles. The van der Waals surface area contributed by atoms with Crippen LogP contribution in [-0.4, -0.2) is 41.6 Å². The van der Waals surface area contributed by atoms with Gasteiger partial charge in [0, 0.05) is 18.5 Å². The van der Waals surface area contributed by atoms with Gasteiger partial charge >= 0.3 is 0 Å². The van der Waals surface area contributed by atoms with Gasteiger partial charge in [-0.05, 0) is 54.3 Å². The number of nitrogens with one attached hydrogen (secondary N) is 1. The first kappa shape index (κ1) is 24.4. The Morgan fingerprint density at radius 2 is 1.46 bits per heavy atom. The van der Waals surface area contributed by atoms with Crippen molar-refractivity contribution in [3.05, 3.63) is 95.6 Å². The molecule has 0 saturated carbocycles. The van der Waals surface area contributed by atoms with Crippen molar-refractivity contribution in [1.29, 1.82) is 0 Å². The van der Waals surface area contributed by atoms with E-state index in [1.807, 2.05) is 54.6 Å². The van der Waals surface area contributed by atoms with Crippen LogP contribution in [0.3, 0.4) is 0 Å². The summed E-state index contributed by atoms with van der Waals surface area (Å²) in [6, 6.07) is 23.7. The molecule has 35 heavy (non-hydrogen) atoms. The zero-order chi connectivity index (χ0) is 24.6. The molecule has 4 rings (SSSR count). The number of nitrogens with zero attached hydrogens (tertiary/aromatic N) is 1. The Labute approximate surface area is 206 Å². The summed E-state index contributed by atoms with van der Waals surface area (Å²) in [6.07, 6.45) is 4.00. The second-order valence-corrected chi connectivity index (χ2v) is 9.02. The smallest absolute Gasteiger partial charge is 0.287 e. The van der Waals surface area contributed by atoms with Crippen LogP contribution in [0, 0.1) is 0 Å². The molecule has 1 fully saturated rings. The van der Waals surface area contributed by atoms with E-state index in [2.05, 4.69) is 22.3 Å². The lowest BCUT2D eigenvalue weighted by molar-refractivity contribution is -0.137. The van der Waals surface area contributed by atoms with E-state index in [0.717, 1.165) is 36.3 Å². The molecule has 0 radical (unpaired) electrons. The summed E-state index contributed by atoms with van der Waals surface area (Å²) in [5.41, 5.74) is 9.45. The van der Waals surface area contributed by atoms with Gasteiger partial charge in [0.15, 0.2) is 0 Å². The van der Waals surface area contributed by atoms with Crippen LogP contribution in [-0.2, 0) is 22.6 Å². The largest absolute Gasteiger partial charge is 0.363 e. The number of hydrogen-bond acceptors (Lipinski definition) is 4. The SMILES string of the molecule is NC(=O)C(=O)C(Cc1ccccc1)NC(=O)c1ccccc1-c1ccc(CN2CCCCC2)cc1. The summed E-state index contributed by atoms with van der Waals surface area (Å²) in [5.74, 6) is -2.31. The maximum absolute atomic E-state index is 13.3. The van der Waals surface area contributed by atoms with E-state index in [4.69, 9.17) is 5.73 Å². The molecule has 1 aliphatic heterocycles. The highest BCUT2D eigenvalue weighted by Gasteiger charge is 2.26. The average Bonchev–Trinajstić information content (AvgIpc) is 2.89. The van der Waals surface area contributed by atoms with Gasteiger partial charge in [-0.25, -0.2) is 0 Å². The minimum atomic E-state index is -1.07. The molecule has 3 N–H and O–H groups in total. The van der Waals surface area contributed by atoms with Crippen LogP contribution >= 0.6 is 0 Å². The van der Waals surface area contributed by atoms with Gasteiger partial charge in [-0.2, -0.15) is 0 Å². The van der Waals surface area contributed by atoms with Gasteiger partial charge in [-0.1, -0.05) is 79.2 Å². The second-order valence-electron chi connectivity index (χ2n) is 9.02. The first-order valence-electron chi connectivity index (χ1n) is 12.1. The maximum atomic E-state index is 13.3. The molecule has 6 heteroatoms. The van der Waals surface area contributed by atoms with Gasteiger partial charge in [-0.15, -0.1) is 0 Å². The fourth-order valence-corrected chi connectivity index (χ4v) is 4.57. The topological polar surface area (TPSA) is 92.5 Å². The summed E-state index contributed by atoms with van der Waals surface area (Å²) in [6.45, 7) is 3.21. The standard InChI is InChI=1S/C29H31N3O3/c30-28(34)27(33)26(19-21-9-3-1-4-10-21)31-29(35)25-12-6-5-11-24(25)23-15-13-22(14-16-23)20-32-17-7-2-8-18-32/h1,3-6,9-16,26H,2,7-8,17-20H2,(H2,30,34)(H,31,35). The number of rotatable bonds is 9. The molecular weight excluding hydrogens is 438 g/mol. The number of ketones is 1. The Morgan fingerprint density at radius 1 is 0.800 bits per heavy atom. The zero-order valence-corrected chi connectivity index (χ0v) is 19.8. The van der Waals surface area contributed by atoms with E-state index in [1.54, 1.807) is 12.1 Å². The zero-order valence-electron chi connectivity index (χ0n) is 19.8. The number of likely N-dealkylation sites (tertiary alicyclic amines) is 1. The lowest BCUT2D eigenvalue weighted by atomic mass is 9.96. The Kier molecular flexibility index (Phi) is 8.06. The van der Waals surface area contributed by atoms with E-state index in [-0.39, 0.29) is 6.42 Å². The van der Waals surface area contributed by atoms with Crippen molar-refractivity contribution < 1.29 is 14.4 Å². The van der Waals surface area contributed by atoms with E-state index >= 15 is 0 Å². The summed E-state index contributed by atoms with van der Waals surface area (Å²) < 4.78 is 0. The Bertz CT molecular complexity index is 1170. The summed E-state index contributed by atoms with van der Waals surface area (Å²) in [4.78, 5) is 39.9. The molecule has 6 nitrogen and oxygen atoms in total. The highest BCUT2D eigenvalue weighted by molar-refractivity contribution is 6.38. The third-order valence-corrected chi connectivity index (χ3v) is 6.44. The highest BCUT2D eigenvalue weighted by atomic mass is 16.2. The molecule has 3 aromatic carbocycles. The number of amides is 2. The molecule has 1 saturated heterocycles. The molecule has 0 aromatic heterocycles. The van der Waals surface area contributed by atoms with E-state index in [9.17, 15) is 14.4 Å². The van der Waals surface area contributed by atoms with Crippen LogP contribution in [0.1, 0.15) is 40.7 Å².